The summed E-state index contributed by atoms with van der Waals surface area (Å²) in [5, 5.41) is 2.73. The number of benzene rings is 2. The van der Waals surface area contributed by atoms with Gasteiger partial charge >= 0.3 is 0 Å². The first-order valence-electron chi connectivity index (χ1n) is 9.44. The van der Waals surface area contributed by atoms with Gasteiger partial charge in [-0.15, -0.1) is 0 Å². The number of fused-ring (bicyclic) bond motifs is 1. The zero-order chi connectivity index (χ0) is 20.4. The predicted molar refractivity (Wildman–Crippen MR) is 110 cm³/mol. The Bertz CT molecular complexity index is 1080. The molecule has 0 aliphatic heterocycles. The smallest absolute Gasteiger partial charge is 0.258 e. The van der Waals surface area contributed by atoms with E-state index < -0.39 is 0 Å². The molecule has 1 aromatic heterocycles. The van der Waals surface area contributed by atoms with E-state index in [1.807, 2.05) is 43.3 Å². The number of methoxy groups -OCH3 is 1. The van der Waals surface area contributed by atoms with Crippen LogP contribution in [0.4, 0.5) is 5.95 Å². The van der Waals surface area contributed by atoms with Crippen molar-refractivity contribution in [3.05, 3.63) is 82.7 Å². The van der Waals surface area contributed by atoms with Gasteiger partial charge in [-0.05, 0) is 49.1 Å². The van der Waals surface area contributed by atoms with Crippen molar-refractivity contribution in [2.45, 2.75) is 25.7 Å². The van der Waals surface area contributed by atoms with Crippen molar-refractivity contribution in [3.8, 4) is 5.75 Å². The molecule has 6 nitrogen and oxygen atoms in total. The largest absolute Gasteiger partial charge is 0.497 e. The van der Waals surface area contributed by atoms with Gasteiger partial charge in [0.05, 0.1) is 18.4 Å². The fourth-order valence-electron chi connectivity index (χ4n) is 3.58. The lowest BCUT2D eigenvalue weighted by Gasteiger charge is -2.23. The molecule has 0 unspecified atom stereocenters. The van der Waals surface area contributed by atoms with Crippen molar-refractivity contribution >= 4 is 17.6 Å². The summed E-state index contributed by atoms with van der Waals surface area (Å²) < 4.78 is 5.20. The molecule has 2 aromatic carbocycles. The monoisotopic (exact) mass is 387 g/mol. The molecule has 1 amide bonds. The van der Waals surface area contributed by atoms with Crippen molar-refractivity contribution in [2.24, 2.45) is 0 Å². The van der Waals surface area contributed by atoms with E-state index in [2.05, 4.69) is 15.3 Å². The lowest BCUT2D eigenvalue weighted by Crippen LogP contribution is -2.22. The van der Waals surface area contributed by atoms with E-state index in [9.17, 15) is 9.59 Å². The summed E-state index contributed by atoms with van der Waals surface area (Å²) in [6, 6.07) is 15.0. The lowest BCUT2D eigenvalue weighted by molar-refractivity contribution is 0.0962. The summed E-state index contributed by atoms with van der Waals surface area (Å²) in [5.41, 5.74) is 3.80. The van der Waals surface area contributed by atoms with Gasteiger partial charge in [-0.3, -0.25) is 14.9 Å². The number of ether oxygens (including phenoxy) is 1. The highest BCUT2D eigenvalue weighted by Gasteiger charge is 2.28. The van der Waals surface area contributed by atoms with Gasteiger partial charge in [0.25, 0.3) is 5.91 Å². The molecule has 0 bridgehead atoms. The molecule has 6 heteroatoms. The second kappa shape index (κ2) is 7.83. The minimum absolute atomic E-state index is 0.0172. The summed E-state index contributed by atoms with van der Waals surface area (Å²) in [7, 11) is 1.62. The average Bonchev–Trinajstić information content (AvgIpc) is 2.73. The molecule has 1 atom stereocenters. The molecule has 1 N–H and O–H groups in total. The molecule has 1 heterocycles. The van der Waals surface area contributed by atoms with Crippen LogP contribution in [-0.2, 0) is 6.42 Å². The molecule has 29 heavy (non-hydrogen) atoms. The summed E-state index contributed by atoms with van der Waals surface area (Å²) in [6.45, 7) is 1.93. The molecule has 3 aromatic rings. The number of carbonyl (C=O) groups is 2. The Morgan fingerprint density at radius 2 is 1.93 bits per heavy atom. The van der Waals surface area contributed by atoms with Crippen LogP contribution in [0.15, 0.2) is 54.7 Å². The van der Waals surface area contributed by atoms with E-state index in [-0.39, 0.29) is 23.6 Å². The maximum atomic E-state index is 12.6. The van der Waals surface area contributed by atoms with E-state index in [0.717, 1.165) is 16.9 Å². The van der Waals surface area contributed by atoms with Gasteiger partial charge in [0, 0.05) is 18.2 Å². The van der Waals surface area contributed by atoms with Gasteiger partial charge in [-0.2, -0.15) is 0 Å². The maximum Gasteiger partial charge on any atom is 0.258 e. The highest BCUT2D eigenvalue weighted by Crippen LogP contribution is 2.32. The Labute approximate surface area is 169 Å². The second-order valence-corrected chi connectivity index (χ2v) is 7.18. The van der Waals surface area contributed by atoms with Crippen LogP contribution in [0, 0.1) is 6.92 Å². The van der Waals surface area contributed by atoms with Gasteiger partial charge in [0.15, 0.2) is 5.78 Å². The van der Waals surface area contributed by atoms with E-state index >= 15 is 0 Å². The number of aryl methyl sites for hydroxylation is 1. The number of carbonyl (C=O) groups excluding carboxylic acids is 2. The molecule has 1 aliphatic carbocycles. The third-order valence-electron chi connectivity index (χ3n) is 5.13. The first kappa shape index (κ1) is 18.8. The number of ketones is 1. The Kier molecular flexibility index (Phi) is 5.08. The summed E-state index contributed by atoms with van der Waals surface area (Å²) in [5.74, 6) is 0.764. The van der Waals surface area contributed by atoms with Crippen LogP contribution < -0.4 is 10.1 Å². The van der Waals surface area contributed by atoms with Crippen LogP contribution in [0.1, 0.15) is 49.9 Å². The Morgan fingerprint density at radius 3 is 2.66 bits per heavy atom. The van der Waals surface area contributed by atoms with Crippen LogP contribution in [0.25, 0.3) is 0 Å². The number of amides is 1. The number of nitrogens with zero attached hydrogens (tertiary/aromatic N) is 2. The Morgan fingerprint density at radius 1 is 1.14 bits per heavy atom. The standard InChI is InChI=1S/C23H21N3O3/c1-14-4-3-5-16(10-14)22(28)26-23-24-13-19-20(25-23)11-17(12-21(19)27)15-6-8-18(29-2)9-7-15/h3-10,13,17H,11-12H2,1-2H3,(H,24,25,26,28)/t17-/m1/s1. The number of anilines is 1. The minimum Gasteiger partial charge on any atom is -0.497 e. The lowest BCUT2D eigenvalue weighted by atomic mass is 9.82. The normalized spacial score (nSPS) is 15.5. The van der Waals surface area contributed by atoms with E-state index in [1.165, 1.54) is 6.20 Å². The molecule has 1 aliphatic rings. The first-order chi connectivity index (χ1) is 14.0. The predicted octanol–water partition coefficient (Wildman–Crippen LogP) is 3.96. The fraction of sp³-hybridized carbons (Fsp3) is 0.217. The van der Waals surface area contributed by atoms with Crippen molar-refractivity contribution in [2.75, 3.05) is 12.4 Å². The van der Waals surface area contributed by atoms with Gasteiger partial charge in [0.2, 0.25) is 5.95 Å². The van der Waals surface area contributed by atoms with Gasteiger partial charge in [-0.1, -0.05) is 29.8 Å². The molecule has 4 rings (SSSR count). The minimum atomic E-state index is -0.275. The van der Waals surface area contributed by atoms with E-state index in [0.29, 0.717) is 29.7 Å². The van der Waals surface area contributed by atoms with Crippen molar-refractivity contribution in [1.82, 2.24) is 9.97 Å². The quantitative estimate of drug-likeness (QED) is 0.733. The van der Waals surface area contributed by atoms with Crippen LogP contribution in [0.5, 0.6) is 5.75 Å². The molecule has 0 fully saturated rings. The number of hydrogen-bond donors (Lipinski definition) is 1. The van der Waals surface area contributed by atoms with Crippen LogP contribution in [-0.4, -0.2) is 28.8 Å². The summed E-state index contributed by atoms with van der Waals surface area (Å²) in [4.78, 5) is 33.7. The van der Waals surface area contributed by atoms with Gasteiger partial charge < -0.3 is 4.74 Å². The Balaban J connectivity index is 1.56. The summed E-state index contributed by atoms with van der Waals surface area (Å²) in [6.07, 6.45) is 2.54. The third kappa shape index (κ3) is 4.01. The number of aromatic nitrogens is 2. The van der Waals surface area contributed by atoms with Crippen LogP contribution >= 0.6 is 0 Å². The third-order valence-corrected chi connectivity index (χ3v) is 5.13. The number of rotatable bonds is 4. The van der Waals surface area contributed by atoms with Crippen LogP contribution in [0.2, 0.25) is 0 Å². The summed E-state index contributed by atoms with van der Waals surface area (Å²) >= 11 is 0. The highest BCUT2D eigenvalue weighted by molar-refractivity contribution is 6.03. The Hall–Kier alpha value is -3.54. The van der Waals surface area contributed by atoms with E-state index in [1.54, 1.807) is 19.2 Å². The molecule has 0 saturated carbocycles. The maximum absolute atomic E-state index is 12.6. The van der Waals surface area contributed by atoms with Crippen molar-refractivity contribution in [1.29, 1.82) is 0 Å². The molecule has 0 radical (unpaired) electrons. The average molecular weight is 387 g/mol. The molecule has 146 valence electrons. The van der Waals surface area contributed by atoms with Gasteiger partial charge in [0.1, 0.15) is 5.75 Å². The molecular weight excluding hydrogens is 366 g/mol. The van der Waals surface area contributed by atoms with E-state index in [4.69, 9.17) is 4.74 Å². The zero-order valence-corrected chi connectivity index (χ0v) is 16.3. The first-order valence-corrected chi connectivity index (χ1v) is 9.44. The van der Waals surface area contributed by atoms with Gasteiger partial charge in [-0.25, -0.2) is 9.97 Å². The molecular formula is C23H21N3O3. The second-order valence-electron chi connectivity index (χ2n) is 7.18. The number of nitrogens with one attached hydrogen (secondary N) is 1. The molecule has 0 saturated heterocycles. The fourth-order valence-corrected chi connectivity index (χ4v) is 3.58. The van der Waals surface area contributed by atoms with Crippen LogP contribution in [0.3, 0.4) is 0 Å². The highest BCUT2D eigenvalue weighted by atomic mass is 16.5. The topological polar surface area (TPSA) is 81.2 Å². The number of Topliss-reactive ketones (excluding diaryl/α,β-unsaturated/α-hetero) is 1. The SMILES string of the molecule is COc1ccc([C@H]2CC(=O)c3cnc(NC(=O)c4cccc(C)c4)nc3C2)cc1. The zero-order valence-electron chi connectivity index (χ0n) is 16.3. The number of hydrogen-bond acceptors (Lipinski definition) is 5. The van der Waals surface area contributed by atoms with Crippen molar-refractivity contribution < 1.29 is 14.3 Å². The molecule has 0 spiro atoms. The van der Waals surface area contributed by atoms with Crippen molar-refractivity contribution in [3.63, 3.8) is 0 Å².